The number of rotatable bonds is 8. The maximum atomic E-state index is 12.1. The lowest BCUT2D eigenvalue weighted by atomic mass is 10.0. The van der Waals surface area contributed by atoms with Crippen LogP contribution in [0.3, 0.4) is 0 Å². The topological polar surface area (TPSA) is 94.1 Å². The summed E-state index contributed by atoms with van der Waals surface area (Å²) in [4.78, 5) is 28.9. The van der Waals surface area contributed by atoms with E-state index in [0.717, 1.165) is 43.9 Å². The summed E-state index contributed by atoms with van der Waals surface area (Å²) >= 11 is 0. The maximum absolute atomic E-state index is 12.1. The van der Waals surface area contributed by atoms with Gasteiger partial charge in [0.05, 0.1) is 6.10 Å². The molecule has 1 aliphatic rings. The fraction of sp³-hybridized carbons (Fsp3) is 0.417. The van der Waals surface area contributed by atoms with Crippen LogP contribution in [0.2, 0.25) is 0 Å². The van der Waals surface area contributed by atoms with Crippen molar-refractivity contribution in [2.45, 2.75) is 13.0 Å². The first-order chi connectivity index (χ1) is 15.4. The Hall–Kier alpha value is -2.94. The van der Waals surface area contributed by atoms with Gasteiger partial charge in [0.1, 0.15) is 12.4 Å². The zero-order valence-corrected chi connectivity index (χ0v) is 18.7. The van der Waals surface area contributed by atoms with E-state index in [1.165, 1.54) is 0 Å². The highest BCUT2D eigenvalue weighted by atomic mass is 16.5. The number of carbonyl (C=O) groups is 2. The summed E-state index contributed by atoms with van der Waals surface area (Å²) in [6.07, 6.45) is -0.879. The molecule has 1 saturated heterocycles. The lowest BCUT2D eigenvalue weighted by Crippen LogP contribution is -2.45. The number of aliphatic hydroxyl groups is 1. The normalized spacial score (nSPS) is 15.7. The molecular weight excluding hydrogens is 408 g/mol. The molecule has 0 saturated carbocycles. The van der Waals surface area contributed by atoms with E-state index < -0.39 is 17.9 Å². The molecule has 8 nitrogen and oxygen atoms in total. The van der Waals surface area contributed by atoms with Crippen LogP contribution in [0.15, 0.2) is 48.5 Å². The Morgan fingerprint density at radius 3 is 2.41 bits per heavy atom. The number of benzene rings is 2. The van der Waals surface area contributed by atoms with Gasteiger partial charge in [-0.15, -0.1) is 0 Å². The molecule has 0 radical (unpaired) electrons. The number of amides is 2. The van der Waals surface area contributed by atoms with Gasteiger partial charge < -0.3 is 25.4 Å². The van der Waals surface area contributed by atoms with E-state index in [9.17, 15) is 14.7 Å². The summed E-state index contributed by atoms with van der Waals surface area (Å²) in [5.41, 5.74) is 2.14. The van der Waals surface area contributed by atoms with Crippen LogP contribution < -0.4 is 15.4 Å². The van der Waals surface area contributed by atoms with Crippen molar-refractivity contribution in [1.29, 1.82) is 0 Å². The second kappa shape index (κ2) is 11.6. The Bertz CT molecular complexity index is 895. The number of hydrogen-bond acceptors (Lipinski definition) is 6. The Balaban J connectivity index is 1.39. The van der Waals surface area contributed by atoms with Crippen LogP contribution >= 0.6 is 0 Å². The molecule has 0 aromatic heterocycles. The molecule has 172 valence electrons. The van der Waals surface area contributed by atoms with Gasteiger partial charge in [-0.05, 0) is 49.4 Å². The van der Waals surface area contributed by atoms with Gasteiger partial charge in [0.25, 0.3) is 0 Å². The number of nitrogens with zero attached hydrogens (tertiary/aromatic N) is 2. The summed E-state index contributed by atoms with van der Waals surface area (Å²) in [6.45, 7) is 7.56. The second-order valence-corrected chi connectivity index (χ2v) is 8.05. The molecule has 0 spiro atoms. The molecule has 1 heterocycles. The number of ether oxygens (including phenoxy) is 1. The minimum Gasteiger partial charge on any atom is -0.492 e. The lowest BCUT2D eigenvalue weighted by molar-refractivity contribution is -0.136. The van der Waals surface area contributed by atoms with E-state index in [2.05, 4.69) is 27.5 Å². The zero-order valence-electron chi connectivity index (χ0n) is 18.7. The Kier molecular flexibility index (Phi) is 8.61. The molecule has 8 heteroatoms. The molecule has 3 N–H and O–H groups in total. The minimum atomic E-state index is -0.879. The number of nitrogens with one attached hydrogen (secondary N) is 2. The van der Waals surface area contributed by atoms with Crippen LogP contribution in [0.5, 0.6) is 5.75 Å². The van der Waals surface area contributed by atoms with Gasteiger partial charge in [-0.1, -0.05) is 24.3 Å². The molecule has 1 atom stereocenters. The van der Waals surface area contributed by atoms with Crippen LogP contribution in [-0.4, -0.2) is 79.6 Å². The van der Waals surface area contributed by atoms with Crippen molar-refractivity contribution < 1.29 is 19.4 Å². The number of aliphatic hydroxyl groups excluding tert-OH is 1. The van der Waals surface area contributed by atoms with E-state index in [4.69, 9.17) is 4.74 Å². The van der Waals surface area contributed by atoms with Gasteiger partial charge in [-0.3, -0.25) is 14.5 Å². The van der Waals surface area contributed by atoms with Crippen LogP contribution in [0.1, 0.15) is 17.2 Å². The number of piperazine rings is 1. The average molecular weight is 441 g/mol. The van der Waals surface area contributed by atoms with Gasteiger partial charge in [-0.25, -0.2) is 0 Å². The molecule has 0 unspecified atom stereocenters. The molecule has 1 fully saturated rings. The van der Waals surface area contributed by atoms with E-state index >= 15 is 0 Å². The number of aryl methyl sites for hydroxylation is 1. The van der Waals surface area contributed by atoms with E-state index in [0.29, 0.717) is 18.0 Å². The predicted molar refractivity (Wildman–Crippen MR) is 124 cm³/mol. The van der Waals surface area contributed by atoms with Crippen molar-refractivity contribution in [3.05, 3.63) is 59.7 Å². The highest BCUT2D eigenvalue weighted by molar-refractivity contribution is 6.39. The van der Waals surface area contributed by atoms with E-state index in [-0.39, 0.29) is 6.54 Å². The first-order valence-electron chi connectivity index (χ1n) is 10.9. The molecule has 3 rings (SSSR count). The van der Waals surface area contributed by atoms with Gasteiger partial charge in [0.2, 0.25) is 0 Å². The fourth-order valence-electron chi connectivity index (χ4n) is 3.53. The number of carbonyl (C=O) groups excluding carboxylic acids is 2. The Labute approximate surface area is 189 Å². The Morgan fingerprint density at radius 2 is 1.72 bits per heavy atom. The molecule has 2 aromatic rings. The summed E-state index contributed by atoms with van der Waals surface area (Å²) in [5, 5.41) is 15.3. The second-order valence-electron chi connectivity index (χ2n) is 8.05. The smallest absolute Gasteiger partial charge is 0.313 e. The highest BCUT2D eigenvalue weighted by Gasteiger charge is 2.17. The van der Waals surface area contributed by atoms with Crippen LogP contribution in [0, 0.1) is 6.92 Å². The molecule has 0 bridgehead atoms. The Morgan fingerprint density at radius 1 is 1.03 bits per heavy atom. The van der Waals surface area contributed by atoms with Gasteiger partial charge in [0.15, 0.2) is 0 Å². The molecule has 2 aromatic carbocycles. The van der Waals surface area contributed by atoms with Crippen molar-refractivity contribution in [2.24, 2.45) is 0 Å². The molecule has 1 aliphatic heterocycles. The summed E-state index contributed by atoms with van der Waals surface area (Å²) in [5.74, 6) is -0.876. The third kappa shape index (κ3) is 7.05. The van der Waals surface area contributed by atoms with Crippen LogP contribution in [-0.2, 0) is 9.59 Å². The SMILES string of the molecule is Cc1ccccc1[C@H](O)CNC(=O)C(=O)Nc1ccc(OCCN2CCN(C)CC2)cc1. The first kappa shape index (κ1) is 23.7. The van der Waals surface area contributed by atoms with Crippen molar-refractivity contribution in [3.63, 3.8) is 0 Å². The maximum Gasteiger partial charge on any atom is 0.313 e. The van der Waals surface area contributed by atoms with Crippen molar-refractivity contribution in [2.75, 3.05) is 58.2 Å². The molecular formula is C24H32N4O4. The van der Waals surface area contributed by atoms with E-state index in [1.807, 2.05) is 25.1 Å². The quantitative estimate of drug-likeness (QED) is 0.538. The molecule has 32 heavy (non-hydrogen) atoms. The van der Waals surface area contributed by atoms with Gasteiger partial charge >= 0.3 is 11.8 Å². The predicted octanol–water partition coefficient (Wildman–Crippen LogP) is 1.41. The third-order valence-electron chi connectivity index (χ3n) is 5.59. The van der Waals surface area contributed by atoms with Crippen molar-refractivity contribution in [1.82, 2.24) is 15.1 Å². The third-order valence-corrected chi connectivity index (χ3v) is 5.59. The largest absolute Gasteiger partial charge is 0.492 e. The number of hydrogen-bond donors (Lipinski definition) is 3. The lowest BCUT2D eigenvalue weighted by Gasteiger charge is -2.32. The zero-order chi connectivity index (χ0) is 22.9. The van der Waals surface area contributed by atoms with E-state index in [1.54, 1.807) is 30.3 Å². The fourth-order valence-corrected chi connectivity index (χ4v) is 3.53. The van der Waals surface area contributed by atoms with Crippen LogP contribution in [0.4, 0.5) is 5.69 Å². The first-order valence-corrected chi connectivity index (χ1v) is 10.9. The highest BCUT2D eigenvalue weighted by Crippen LogP contribution is 2.17. The summed E-state index contributed by atoms with van der Waals surface area (Å²) < 4.78 is 5.78. The van der Waals surface area contributed by atoms with Crippen LogP contribution in [0.25, 0.3) is 0 Å². The average Bonchev–Trinajstić information content (AvgIpc) is 2.80. The number of likely N-dealkylation sites (N-methyl/N-ethyl adjacent to an activating group) is 1. The van der Waals surface area contributed by atoms with Crippen molar-refractivity contribution >= 4 is 17.5 Å². The summed E-state index contributed by atoms with van der Waals surface area (Å²) in [7, 11) is 2.13. The summed E-state index contributed by atoms with van der Waals surface area (Å²) in [6, 6.07) is 14.3. The standard InChI is InChI=1S/C24H32N4O4/c1-18-5-3-4-6-21(18)22(29)17-25-23(30)24(31)26-19-7-9-20(10-8-19)32-16-15-28-13-11-27(2)12-14-28/h3-10,22,29H,11-17H2,1-2H3,(H,25,30)(H,26,31)/t22-/m1/s1. The molecule has 2 amide bonds. The van der Waals surface area contributed by atoms with Crippen molar-refractivity contribution in [3.8, 4) is 5.75 Å². The molecule has 0 aliphatic carbocycles. The monoisotopic (exact) mass is 440 g/mol. The van der Waals surface area contributed by atoms with Gasteiger partial charge in [0, 0.05) is 45.0 Å². The van der Waals surface area contributed by atoms with Gasteiger partial charge in [-0.2, -0.15) is 0 Å². The number of anilines is 1. The minimum absolute atomic E-state index is 0.0445.